The molecular formula is C23H27N7S. The molecule has 31 heavy (non-hydrogen) atoms. The van der Waals surface area contributed by atoms with E-state index < -0.39 is 0 Å². The summed E-state index contributed by atoms with van der Waals surface area (Å²) in [7, 11) is 0. The van der Waals surface area contributed by atoms with Gasteiger partial charge < -0.3 is 5.32 Å². The number of nitrogens with one attached hydrogen (secondary N) is 1. The minimum Gasteiger partial charge on any atom is -0.330 e. The smallest absolute Gasteiger partial charge is 0.187 e. The fourth-order valence-corrected chi connectivity index (χ4v) is 5.51. The van der Waals surface area contributed by atoms with Gasteiger partial charge in [-0.3, -0.25) is 9.58 Å². The summed E-state index contributed by atoms with van der Waals surface area (Å²) in [5, 5.41) is 19.9. The zero-order chi connectivity index (χ0) is 21.0. The van der Waals surface area contributed by atoms with E-state index in [2.05, 4.69) is 42.8 Å². The summed E-state index contributed by atoms with van der Waals surface area (Å²) in [4.78, 5) is 11.6. The van der Waals surface area contributed by atoms with Crippen LogP contribution in [-0.2, 0) is 6.54 Å². The normalized spacial score (nSPS) is 20.0. The van der Waals surface area contributed by atoms with Gasteiger partial charge in [0.05, 0.1) is 35.9 Å². The first-order valence-electron chi connectivity index (χ1n) is 11.1. The number of piperidine rings is 1. The Morgan fingerprint density at radius 2 is 2.00 bits per heavy atom. The number of aromatic nitrogens is 4. The minimum absolute atomic E-state index is 0.342. The summed E-state index contributed by atoms with van der Waals surface area (Å²) in [6.45, 7) is 2.02. The van der Waals surface area contributed by atoms with Crippen LogP contribution >= 0.6 is 11.3 Å². The van der Waals surface area contributed by atoms with Crippen molar-refractivity contribution in [1.82, 2.24) is 24.6 Å². The molecule has 1 saturated heterocycles. The molecule has 3 aromatic rings. The van der Waals surface area contributed by atoms with Crippen LogP contribution in [0.2, 0.25) is 0 Å². The van der Waals surface area contributed by atoms with Crippen molar-refractivity contribution in [1.29, 1.82) is 5.26 Å². The van der Waals surface area contributed by atoms with E-state index >= 15 is 0 Å². The highest BCUT2D eigenvalue weighted by Gasteiger charge is 2.27. The molecule has 2 aliphatic rings. The number of nitrogens with zero attached hydrogens (tertiary/aromatic N) is 6. The van der Waals surface area contributed by atoms with Gasteiger partial charge in [0.2, 0.25) is 0 Å². The molecule has 1 aliphatic heterocycles. The first-order chi connectivity index (χ1) is 15.3. The van der Waals surface area contributed by atoms with Crippen LogP contribution in [0.4, 0.5) is 10.8 Å². The molecule has 0 amide bonds. The third-order valence-electron chi connectivity index (χ3n) is 6.35. The highest BCUT2D eigenvalue weighted by atomic mass is 32.1. The molecule has 3 aromatic heterocycles. The molecule has 0 radical (unpaired) electrons. The summed E-state index contributed by atoms with van der Waals surface area (Å²) < 4.78 is 2.19. The average molecular weight is 434 g/mol. The van der Waals surface area contributed by atoms with Crippen molar-refractivity contribution < 1.29 is 0 Å². The topological polar surface area (TPSA) is 82.7 Å². The maximum Gasteiger partial charge on any atom is 0.187 e. The van der Waals surface area contributed by atoms with Crippen LogP contribution in [0.15, 0.2) is 36.1 Å². The van der Waals surface area contributed by atoms with Crippen LogP contribution in [0.25, 0.3) is 0 Å². The van der Waals surface area contributed by atoms with Crippen LogP contribution in [-0.4, -0.2) is 31.2 Å². The first-order valence-corrected chi connectivity index (χ1v) is 12.0. The van der Waals surface area contributed by atoms with E-state index in [-0.39, 0.29) is 0 Å². The van der Waals surface area contributed by atoms with E-state index in [0.717, 1.165) is 36.0 Å². The van der Waals surface area contributed by atoms with E-state index in [0.29, 0.717) is 17.8 Å². The monoisotopic (exact) mass is 433 g/mol. The van der Waals surface area contributed by atoms with Gasteiger partial charge in [-0.25, -0.2) is 9.97 Å². The van der Waals surface area contributed by atoms with Gasteiger partial charge in [0.25, 0.3) is 0 Å². The SMILES string of the molecule is N#Cc1ccc(Nc2nc([C@@H]3CCCCN3Cc3cnn(C4CCCC4)c3)cs2)cn1. The molecule has 1 aliphatic carbocycles. The van der Waals surface area contributed by atoms with Gasteiger partial charge in [0, 0.05) is 23.7 Å². The Morgan fingerprint density at radius 1 is 1.13 bits per heavy atom. The maximum atomic E-state index is 8.90. The average Bonchev–Trinajstić information content (AvgIpc) is 3.57. The molecule has 1 N–H and O–H groups in total. The molecule has 7 nitrogen and oxygen atoms in total. The third kappa shape index (κ3) is 4.63. The van der Waals surface area contributed by atoms with Gasteiger partial charge in [-0.2, -0.15) is 10.4 Å². The Balaban J connectivity index is 1.26. The van der Waals surface area contributed by atoms with Crippen LogP contribution in [0.5, 0.6) is 0 Å². The minimum atomic E-state index is 0.342. The highest BCUT2D eigenvalue weighted by Crippen LogP contribution is 2.35. The van der Waals surface area contributed by atoms with Gasteiger partial charge >= 0.3 is 0 Å². The number of hydrogen-bond acceptors (Lipinski definition) is 7. The van der Waals surface area contributed by atoms with Crippen molar-refractivity contribution in [3.63, 3.8) is 0 Å². The van der Waals surface area contributed by atoms with Crippen molar-refractivity contribution in [3.8, 4) is 6.07 Å². The molecule has 0 unspecified atom stereocenters. The number of rotatable bonds is 6. The van der Waals surface area contributed by atoms with Crippen molar-refractivity contribution in [2.24, 2.45) is 0 Å². The Hall–Kier alpha value is -2.76. The fraction of sp³-hybridized carbons (Fsp3) is 0.478. The van der Waals surface area contributed by atoms with Gasteiger partial charge in [-0.1, -0.05) is 19.3 Å². The lowest BCUT2D eigenvalue weighted by atomic mass is 9.99. The quantitative estimate of drug-likeness (QED) is 0.576. The standard InChI is InChI=1S/C23H27N7S/c24-11-18-8-9-19(13-25-18)27-23-28-21(16-31-23)22-7-3-4-10-29(22)14-17-12-26-30(15-17)20-5-1-2-6-20/h8-9,12-13,15-16,20,22H,1-7,10,14H2,(H,27,28)/t22-/m0/s1. The van der Waals surface area contributed by atoms with Crippen LogP contribution in [0, 0.1) is 11.3 Å². The fourth-order valence-electron chi connectivity index (χ4n) is 4.73. The second-order valence-electron chi connectivity index (χ2n) is 8.50. The molecule has 4 heterocycles. The maximum absolute atomic E-state index is 8.90. The van der Waals surface area contributed by atoms with E-state index in [1.807, 2.05) is 12.1 Å². The molecule has 1 saturated carbocycles. The predicted molar refractivity (Wildman–Crippen MR) is 121 cm³/mol. The molecule has 1 atom stereocenters. The summed E-state index contributed by atoms with van der Waals surface area (Å²) in [5.74, 6) is 0. The van der Waals surface area contributed by atoms with Crippen LogP contribution in [0.3, 0.4) is 0 Å². The molecule has 8 heteroatoms. The Bertz CT molecular complexity index is 1040. The molecular weight excluding hydrogens is 406 g/mol. The van der Waals surface area contributed by atoms with Crippen molar-refractivity contribution >= 4 is 22.2 Å². The van der Waals surface area contributed by atoms with E-state index in [1.165, 1.54) is 44.1 Å². The Morgan fingerprint density at radius 3 is 2.81 bits per heavy atom. The molecule has 2 fully saturated rings. The highest BCUT2D eigenvalue weighted by molar-refractivity contribution is 7.13. The summed E-state index contributed by atoms with van der Waals surface area (Å²) in [6.07, 6.45) is 14.8. The molecule has 5 rings (SSSR count). The number of likely N-dealkylation sites (tertiary alicyclic amines) is 1. The summed E-state index contributed by atoms with van der Waals surface area (Å²) >= 11 is 1.62. The van der Waals surface area contributed by atoms with Crippen LogP contribution in [0.1, 0.15) is 74.0 Å². The lowest BCUT2D eigenvalue weighted by molar-refractivity contribution is 0.138. The Kier molecular flexibility index (Phi) is 5.96. The third-order valence-corrected chi connectivity index (χ3v) is 7.12. The zero-order valence-electron chi connectivity index (χ0n) is 17.6. The molecule has 0 spiro atoms. The van der Waals surface area contributed by atoms with Gasteiger partial charge in [0.1, 0.15) is 11.8 Å². The number of pyridine rings is 1. The largest absolute Gasteiger partial charge is 0.330 e. The molecule has 0 bridgehead atoms. The summed E-state index contributed by atoms with van der Waals surface area (Å²) in [6, 6.07) is 6.55. The van der Waals surface area contributed by atoms with E-state index in [9.17, 15) is 0 Å². The van der Waals surface area contributed by atoms with Crippen LogP contribution < -0.4 is 5.32 Å². The number of hydrogen-bond donors (Lipinski definition) is 1. The van der Waals surface area contributed by atoms with Crippen molar-refractivity contribution in [2.75, 3.05) is 11.9 Å². The van der Waals surface area contributed by atoms with Gasteiger partial charge in [-0.15, -0.1) is 11.3 Å². The number of thiazole rings is 1. The molecule has 160 valence electrons. The summed E-state index contributed by atoms with van der Waals surface area (Å²) in [5.41, 5.74) is 3.70. The first kappa shape index (κ1) is 20.2. The van der Waals surface area contributed by atoms with E-state index in [4.69, 9.17) is 10.2 Å². The number of anilines is 2. The van der Waals surface area contributed by atoms with Crippen molar-refractivity contribution in [2.45, 2.75) is 63.6 Å². The van der Waals surface area contributed by atoms with Crippen molar-refractivity contribution in [3.05, 3.63) is 53.1 Å². The van der Waals surface area contributed by atoms with E-state index in [1.54, 1.807) is 23.6 Å². The lowest BCUT2D eigenvalue weighted by Gasteiger charge is -2.34. The second kappa shape index (κ2) is 9.16. The van der Waals surface area contributed by atoms with Gasteiger partial charge in [0.15, 0.2) is 5.13 Å². The number of nitriles is 1. The predicted octanol–water partition coefficient (Wildman–Crippen LogP) is 5.19. The Labute approximate surface area is 186 Å². The lowest BCUT2D eigenvalue weighted by Crippen LogP contribution is -2.33. The van der Waals surface area contributed by atoms with Gasteiger partial charge in [-0.05, 0) is 44.4 Å². The molecule has 0 aromatic carbocycles. The zero-order valence-corrected chi connectivity index (χ0v) is 18.4. The second-order valence-corrected chi connectivity index (χ2v) is 9.35.